The lowest BCUT2D eigenvalue weighted by atomic mass is 10.0. The molecule has 2 aromatic carbocycles. The maximum Gasteiger partial charge on any atom is 0.255 e. The molecule has 0 spiro atoms. The van der Waals surface area contributed by atoms with Gasteiger partial charge in [-0.3, -0.25) is 14.6 Å². The number of ketones is 1. The lowest BCUT2D eigenvalue weighted by molar-refractivity contribution is -0.116. The Labute approximate surface area is 251 Å². The number of hydrazine groups is 1. The van der Waals surface area contributed by atoms with Crippen molar-refractivity contribution in [2.75, 3.05) is 10.0 Å². The number of amidine groups is 1. The van der Waals surface area contributed by atoms with E-state index in [1.807, 2.05) is 0 Å². The van der Waals surface area contributed by atoms with Gasteiger partial charge in [0.2, 0.25) is 0 Å². The van der Waals surface area contributed by atoms with Gasteiger partial charge in [-0.2, -0.15) is 5.01 Å². The lowest BCUT2D eigenvalue weighted by Crippen LogP contribution is -2.37. The van der Waals surface area contributed by atoms with E-state index >= 15 is 0 Å². The van der Waals surface area contributed by atoms with Crippen LogP contribution in [0.2, 0.25) is 20.1 Å². The molecule has 1 heterocycles. The molecule has 212 valence electrons. The van der Waals surface area contributed by atoms with Gasteiger partial charge in [0.25, 0.3) is 5.91 Å². The highest BCUT2D eigenvalue weighted by atomic mass is 35.5. The van der Waals surface area contributed by atoms with Crippen molar-refractivity contribution in [1.29, 1.82) is 0 Å². The van der Waals surface area contributed by atoms with E-state index < -0.39 is 0 Å². The molecule has 0 aromatic heterocycles. The normalized spacial score (nSPS) is 13.2. The van der Waals surface area contributed by atoms with Crippen molar-refractivity contribution >= 4 is 75.3 Å². The molecule has 0 bridgehead atoms. The van der Waals surface area contributed by atoms with E-state index in [9.17, 15) is 9.59 Å². The summed E-state index contributed by atoms with van der Waals surface area (Å²) in [6.07, 6.45) is 13.8. The SMILES string of the molecule is CCCCCCCCCCCCCC(=O)c1ccc(Cl)c(N(N)C2=NN(c3c(Cl)cc(Cl)cc3Cl)C(=O)C2)c1. The molecule has 6 nitrogen and oxygen atoms in total. The standard InChI is InChI=1S/C29H36Cl4N4O2/c1-2-3-4-5-6-7-8-9-10-11-12-13-26(38)20-14-15-22(31)25(16-20)36(34)27-19-28(39)37(35-27)29-23(32)17-21(30)18-24(29)33/h14-18H,2-13,19,34H2,1H3. The number of amides is 1. The van der Waals surface area contributed by atoms with Gasteiger partial charge in [0, 0.05) is 17.0 Å². The van der Waals surface area contributed by atoms with Crippen LogP contribution in [-0.4, -0.2) is 17.5 Å². The fourth-order valence-electron chi connectivity index (χ4n) is 4.57. The zero-order chi connectivity index (χ0) is 28.4. The highest BCUT2D eigenvalue weighted by Crippen LogP contribution is 2.39. The third-order valence-electron chi connectivity index (χ3n) is 6.77. The first-order valence-electron chi connectivity index (χ1n) is 13.7. The number of benzene rings is 2. The van der Waals surface area contributed by atoms with E-state index in [4.69, 9.17) is 52.2 Å². The van der Waals surface area contributed by atoms with Crippen LogP contribution in [-0.2, 0) is 4.79 Å². The average Bonchev–Trinajstić information content (AvgIpc) is 3.27. The minimum atomic E-state index is -0.369. The van der Waals surface area contributed by atoms with Crippen LogP contribution in [0, 0.1) is 0 Å². The number of carbonyl (C=O) groups excluding carboxylic acids is 2. The maximum atomic E-state index is 12.9. The molecule has 3 rings (SSSR count). The second-order valence-corrected chi connectivity index (χ2v) is 11.5. The van der Waals surface area contributed by atoms with E-state index in [1.54, 1.807) is 18.2 Å². The summed E-state index contributed by atoms with van der Waals surface area (Å²) in [6, 6.07) is 7.93. The molecule has 0 saturated carbocycles. The summed E-state index contributed by atoms with van der Waals surface area (Å²) in [7, 11) is 0. The zero-order valence-electron chi connectivity index (χ0n) is 22.3. The van der Waals surface area contributed by atoms with Gasteiger partial charge in [-0.05, 0) is 36.8 Å². The first kappa shape index (κ1) is 31.7. The van der Waals surface area contributed by atoms with E-state index in [0.29, 0.717) is 27.7 Å². The Hall–Kier alpha value is -1.83. The second-order valence-electron chi connectivity index (χ2n) is 9.86. The molecule has 39 heavy (non-hydrogen) atoms. The summed E-state index contributed by atoms with van der Waals surface area (Å²) < 4.78 is 0. The van der Waals surface area contributed by atoms with Crippen LogP contribution in [0.5, 0.6) is 0 Å². The summed E-state index contributed by atoms with van der Waals surface area (Å²) >= 11 is 24.9. The van der Waals surface area contributed by atoms with Crippen LogP contribution in [0.15, 0.2) is 35.4 Å². The lowest BCUT2D eigenvalue weighted by Gasteiger charge is -2.19. The summed E-state index contributed by atoms with van der Waals surface area (Å²) in [6.45, 7) is 2.24. The molecule has 0 unspecified atom stereocenters. The van der Waals surface area contributed by atoms with Crippen molar-refractivity contribution in [2.24, 2.45) is 10.9 Å². The zero-order valence-corrected chi connectivity index (χ0v) is 25.4. The van der Waals surface area contributed by atoms with Crippen LogP contribution in [0.4, 0.5) is 11.4 Å². The van der Waals surface area contributed by atoms with Crippen molar-refractivity contribution in [3.05, 3.63) is 56.0 Å². The van der Waals surface area contributed by atoms with Gasteiger partial charge in [0.1, 0.15) is 5.69 Å². The fraction of sp³-hybridized carbons (Fsp3) is 0.483. The van der Waals surface area contributed by atoms with Gasteiger partial charge < -0.3 is 0 Å². The van der Waals surface area contributed by atoms with E-state index in [2.05, 4.69) is 12.0 Å². The molecule has 0 radical (unpaired) electrons. The Kier molecular flexibility index (Phi) is 12.9. The minimum Gasteiger partial charge on any atom is -0.294 e. The minimum absolute atomic E-state index is 0.0306. The molecule has 0 aliphatic carbocycles. The molecular weight excluding hydrogens is 578 g/mol. The first-order chi connectivity index (χ1) is 18.7. The van der Waals surface area contributed by atoms with Gasteiger partial charge in [0.15, 0.2) is 11.6 Å². The largest absolute Gasteiger partial charge is 0.294 e. The summed E-state index contributed by atoms with van der Waals surface area (Å²) in [5, 5.41) is 7.70. The quantitative estimate of drug-likeness (QED) is 0.0938. The topological polar surface area (TPSA) is 79.0 Å². The average molecular weight is 614 g/mol. The number of rotatable bonds is 15. The van der Waals surface area contributed by atoms with Crippen LogP contribution in [0.25, 0.3) is 0 Å². The molecule has 0 atom stereocenters. The molecule has 1 aliphatic rings. The number of hydrazone groups is 1. The predicted molar refractivity (Wildman–Crippen MR) is 165 cm³/mol. The maximum absolute atomic E-state index is 12.9. The van der Waals surface area contributed by atoms with E-state index in [1.165, 1.54) is 68.5 Å². The number of hydrogen-bond acceptors (Lipinski definition) is 5. The van der Waals surface area contributed by atoms with Crippen molar-refractivity contribution in [1.82, 2.24) is 0 Å². The Bertz CT molecular complexity index is 1160. The van der Waals surface area contributed by atoms with Crippen LogP contribution in [0.1, 0.15) is 101 Å². The molecule has 0 fully saturated rings. The molecule has 2 N–H and O–H groups in total. The summed E-state index contributed by atoms with van der Waals surface area (Å²) in [5.41, 5.74) is 1.11. The van der Waals surface area contributed by atoms with E-state index in [0.717, 1.165) is 24.3 Å². The van der Waals surface area contributed by atoms with Gasteiger partial charge >= 0.3 is 0 Å². The Morgan fingerprint density at radius 1 is 0.872 bits per heavy atom. The van der Waals surface area contributed by atoms with E-state index in [-0.39, 0.29) is 39.7 Å². The molecule has 1 amide bonds. The number of Topliss-reactive ketones (excluding diaryl/α,β-unsaturated/α-hetero) is 1. The van der Waals surface area contributed by atoms with Crippen LogP contribution in [0.3, 0.4) is 0 Å². The number of unbranched alkanes of at least 4 members (excludes halogenated alkanes) is 10. The molecule has 10 heteroatoms. The fourth-order valence-corrected chi connectivity index (χ4v) is 5.75. The molecule has 0 saturated heterocycles. The van der Waals surface area contributed by atoms with Crippen LogP contribution < -0.4 is 15.9 Å². The van der Waals surface area contributed by atoms with Crippen molar-refractivity contribution in [3.8, 4) is 0 Å². The Balaban J connectivity index is 1.54. The molecule has 1 aliphatic heterocycles. The highest BCUT2D eigenvalue weighted by Gasteiger charge is 2.32. The van der Waals surface area contributed by atoms with Crippen molar-refractivity contribution in [3.63, 3.8) is 0 Å². The smallest absolute Gasteiger partial charge is 0.255 e. The van der Waals surface area contributed by atoms with Gasteiger partial charge in [-0.25, -0.2) is 5.84 Å². The highest BCUT2D eigenvalue weighted by molar-refractivity contribution is 6.43. The summed E-state index contributed by atoms with van der Waals surface area (Å²) in [4.78, 5) is 25.6. The second kappa shape index (κ2) is 15.8. The number of carbonyl (C=O) groups is 2. The molecular formula is C29H36Cl4N4O2. The number of nitrogens with zero attached hydrogens (tertiary/aromatic N) is 3. The Morgan fingerprint density at radius 3 is 2.03 bits per heavy atom. The third-order valence-corrected chi connectivity index (χ3v) is 7.88. The molecule has 2 aromatic rings. The number of hydrogen-bond donors (Lipinski definition) is 1. The predicted octanol–water partition coefficient (Wildman–Crippen LogP) is 9.61. The Morgan fingerprint density at radius 2 is 1.44 bits per heavy atom. The van der Waals surface area contributed by atoms with Gasteiger partial charge in [-0.1, -0.05) is 118 Å². The number of halogens is 4. The van der Waals surface area contributed by atoms with Gasteiger partial charge in [-0.15, -0.1) is 5.10 Å². The van der Waals surface area contributed by atoms with Crippen molar-refractivity contribution < 1.29 is 9.59 Å². The number of nitrogens with two attached hydrogens (primary N) is 1. The first-order valence-corrected chi connectivity index (χ1v) is 15.2. The van der Waals surface area contributed by atoms with Gasteiger partial charge in [0.05, 0.1) is 27.2 Å². The van der Waals surface area contributed by atoms with Crippen LogP contribution >= 0.6 is 46.4 Å². The van der Waals surface area contributed by atoms with Crippen molar-refractivity contribution in [2.45, 2.75) is 90.4 Å². The number of anilines is 2. The monoisotopic (exact) mass is 612 g/mol. The summed E-state index contributed by atoms with van der Waals surface area (Å²) in [5.74, 6) is 6.22. The third kappa shape index (κ3) is 9.09.